The second-order valence-electron chi connectivity index (χ2n) is 8.97. The Morgan fingerprint density at radius 3 is 1.11 bits per heavy atom. The van der Waals surface area contributed by atoms with Crippen molar-refractivity contribution in [1.82, 2.24) is 9.80 Å². The third kappa shape index (κ3) is 12.0. The Balaban J connectivity index is 1.99. The molecule has 0 aliphatic carbocycles. The van der Waals surface area contributed by atoms with E-state index < -0.39 is 0 Å². The monoisotopic (exact) mass is 392 g/mol. The van der Waals surface area contributed by atoms with Gasteiger partial charge in [-0.25, -0.2) is 0 Å². The van der Waals surface area contributed by atoms with Crippen LogP contribution in [0, 0.1) is 0 Å². The Morgan fingerprint density at radius 1 is 0.464 bits per heavy atom. The van der Waals surface area contributed by atoms with Crippen molar-refractivity contribution in [3.05, 3.63) is 12.4 Å². The maximum Gasteiger partial charge on any atom is 0.100 e. The number of unbranched alkanes of at least 4 members (excludes halogenated alkanes) is 15. The van der Waals surface area contributed by atoms with E-state index in [1.807, 2.05) is 0 Å². The second-order valence-corrected chi connectivity index (χ2v) is 8.97. The summed E-state index contributed by atoms with van der Waals surface area (Å²) in [4.78, 5) is 5.20. The standard InChI is InChI=1S/C26H52N2/c1-4-7-9-11-13-14-15-16-17-19-21-23-28-25-24-27(26(28)6-3)22-20-18-12-10-8-5-2/h24-26H,4-23H2,1-3H3. The molecule has 0 radical (unpaired) electrons. The largest absolute Gasteiger partial charge is 0.356 e. The molecule has 0 saturated carbocycles. The van der Waals surface area contributed by atoms with Crippen molar-refractivity contribution in [2.45, 2.75) is 143 Å². The first-order valence-electron chi connectivity index (χ1n) is 13.0. The summed E-state index contributed by atoms with van der Waals surface area (Å²) in [5.41, 5.74) is 0. The number of hydrogen-bond donors (Lipinski definition) is 0. The highest BCUT2D eigenvalue weighted by Crippen LogP contribution is 2.21. The van der Waals surface area contributed by atoms with Gasteiger partial charge in [0.05, 0.1) is 0 Å². The fraction of sp³-hybridized carbons (Fsp3) is 0.923. The fourth-order valence-electron chi connectivity index (χ4n) is 4.51. The van der Waals surface area contributed by atoms with E-state index in [0.29, 0.717) is 6.17 Å². The maximum atomic E-state index is 2.60. The normalized spacial score (nSPS) is 16.5. The van der Waals surface area contributed by atoms with E-state index in [-0.39, 0.29) is 0 Å². The zero-order valence-corrected chi connectivity index (χ0v) is 19.8. The van der Waals surface area contributed by atoms with Gasteiger partial charge in [-0.05, 0) is 19.3 Å². The highest BCUT2D eigenvalue weighted by molar-refractivity contribution is 4.96. The van der Waals surface area contributed by atoms with Crippen LogP contribution in [0.25, 0.3) is 0 Å². The number of rotatable bonds is 20. The van der Waals surface area contributed by atoms with Gasteiger partial charge in [0, 0.05) is 25.5 Å². The molecule has 0 fully saturated rings. The van der Waals surface area contributed by atoms with Crippen molar-refractivity contribution in [2.75, 3.05) is 13.1 Å². The van der Waals surface area contributed by atoms with E-state index in [2.05, 4.69) is 43.0 Å². The Morgan fingerprint density at radius 2 is 0.786 bits per heavy atom. The summed E-state index contributed by atoms with van der Waals surface area (Å²) >= 11 is 0. The zero-order valence-electron chi connectivity index (χ0n) is 19.8. The van der Waals surface area contributed by atoms with E-state index in [1.165, 1.54) is 129 Å². The summed E-state index contributed by atoms with van der Waals surface area (Å²) in [6.07, 6.45) is 30.7. The van der Waals surface area contributed by atoms with Crippen LogP contribution in [-0.2, 0) is 0 Å². The van der Waals surface area contributed by atoms with E-state index in [4.69, 9.17) is 0 Å². The van der Waals surface area contributed by atoms with Gasteiger partial charge in [-0.3, -0.25) is 0 Å². The molecule has 0 spiro atoms. The molecule has 0 aromatic rings. The highest BCUT2D eigenvalue weighted by atomic mass is 15.4. The van der Waals surface area contributed by atoms with Crippen LogP contribution in [0.5, 0.6) is 0 Å². The van der Waals surface area contributed by atoms with Gasteiger partial charge in [0.2, 0.25) is 0 Å². The average molecular weight is 393 g/mol. The van der Waals surface area contributed by atoms with Crippen LogP contribution >= 0.6 is 0 Å². The zero-order chi connectivity index (χ0) is 20.3. The molecule has 1 rings (SSSR count). The first kappa shape index (κ1) is 25.4. The van der Waals surface area contributed by atoms with E-state index in [1.54, 1.807) is 0 Å². The van der Waals surface area contributed by atoms with Gasteiger partial charge in [-0.2, -0.15) is 0 Å². The molecule has 0 saturated heterocycles. The molecule has 0 amide bonds. The van der Waals surface area contributed by atoms with Crippen molar-refractivity contribution in [3.8, 4) is 0 Å². The Kier molecular flexibility index (Phi) is 16.7. The SMILES string of the molecule is CCCCCCCCCCCCCN1C=CN(CCCCCCCC)C1CC. The molecule has 1 atom stereocenters. The highest BCUT2D eigenvalue weighted by Gasteiger charge is 2.23. The molecule has 0 N–H and O–H groups in total. The molecule has 0 bridgehead atoms. The summed E-state index contributed by atoms with van der Waals surface area (Å²) in [6.45, 7) is 9.44. The maximum absolute atomic E-state index is 2.60. The Bertz CT molecular complexity index is 352. The molecule has 166 valence electrons. The molecule has 0 aromatic heterocycles. The first-order chi connectivity index (χ1) is 13.8. The summed E-state index contributed by atoms with van der Waals surface area (Å²) in [7, 11) is 0. The van der Waals surface area contributed by atoms with Gasteiger partial charge in [0.1, 0.15) is 6.17 Å². The minimum absolute atomic E-state index is 0.624. The molecule has 2 heteroatoms. The lowest BCUT2D eigenvalue weighted by Crippen LogP contribution is -2.38. The molecule has 28 heavy (non-hydrogen) atoms. The van der Waals surface area contributed by atoms with Crippen molar-refractivity contribution in [3.63, 3.8) is 0 Å². The van der Waals surface area contributed by atoms with Crippen LogP contribution in [0.2, 0.25) is 0 Å². The van der Waals surface area contributed by atoms with Crippen LogP contribution < -0.4 is 0 Å². The first-order valence-corrected chi connectivity index (χ1v) is 13.0. The summed E-state index contributed by atoms with van der Waals surface area (Å²) in [5, 5.41) is 0. The summed E-state index contributed by atoms with van der Waals surface area (Å²) in [6, 6.07) is 0. The average Bonchev–Trinajstić information content (AvgIpc) is 3.10. The molecule has 1 heterocycles. The topological polar surface area (TPSA) is 6.48 Å². The Hall–Kier alpha value is -0.660. The quantitative estimate of drug-likeness (QED) is 0.192. The predicted molar refractivity (Wildman–Crippen MR) is 126 cm³/mol. The molecule has 1 aliphatic heterocycles. The van der Waals surface area contributed by atoms with Crippen molar-refractivity contribution in [2.24, 2.45) is 0 Å². The third-order valence-electron chi connectivity index (χ3n) is 6.37. The molecular formula is C26H52N2. The van der Waals surface area contributed by atoms with Crippen LogP contribution in [0.15, 0.2) is 12.4 Å². The second kappa shape index (κ2) is 18.4. The number of hydrogen-bond acceptors (Lipinski definition) is 2. The van der Waals surface area contributed by atoms with Crippen LogP contribution in [-0.4, -0.2) is 29.1 Å². The minimum Gasteiger partial charge on any atom is -0.356 e. The van der Waals surface area contributed by atoms with Crippen LogP contribution in [0.3, 0.4) is 0 Å². The third-order valence-corrected chi connectivity index (χ3v) is 6.37. The summed E-state index contributed by atoms with van der Waals surface area (Å²) < 4.78 is 0. The van der Waals surface area contributed by atoms with Crippen molar-refractivity contribution >= 4 is 0 Å². The van der Waals surface area contributed by atoms with Crippen molar-refractivity contribution in [1.29, 1.82) is 0 Å². The van der Waals surface area contributed by atoms with E-state index in [0.717, 1.165) is 0 Å². The van der Waals surface area contributed by atoms with Gasteiger partial charge in [0.15, 0.2) is 0 Å². The van der Waals surface area contributed by atoms with Gasteiger partial charge in [0.25, 0.3) is 0 Å². The van der Waals surface area contributed by atoms with Crippen molar-refractivity contribution < 1.29 is 0 Å². The molecule has 2 nitrogen and oxygen atoms in total. The molecule has 0 aromatic carbocycles. The van der Waals surface area contributed by atoms with E-state index in [9.17, 15) is 0 Å². The van der Waals surface area contributed by atoms with Gasteiger partial charge in [-0.1, -0.05) is 117 Å². The Labute approximate surface area is 178 Å². The smallest absolute Gasteiger partial charge is 0.100 e. The lowest BCUT2D eigenvalue weighted by molar-refractivity contribution is 0.144. The van der Waals surface area contributed by atoms with Gasteiger partial charge in [-0.15, -0.1) is 0 Å². The number of nitrogens with zero attached hydrogens (tertiary/aromatic N) is 2. The lowest BCUT2D eigenvalue weighted by Gasteiger charge is -2.32. The molecule has 1 unspecified atom stereocenters. The van der Waals surface area contributed by atoms with E-state index >= 15 is 0 Å². The fourth-order valence-corrected chi connectivity index (χ4v) is 4.51. The van der Waals surface area contributed by atoms with Crippen LogP contribution in [0.1, 0.15) is 136 Å². The van der Waals surface area contributed by atoms with Gasteiger partial charge < -0.3 is 9.80 Å². The molecule has 1 aliphatic rings. The molecular weight excluding hydrogens is 340 g/mol. The van der Waals surface area contributed by atoms with Crippen LogP contribution in [0.4, 0.5) is 0 Å². The van der Waals surface area contributed by atoms with Gasteiger partial charge >= 0.3 is 0 Å². The predicted octanol–water partition coefficient (Wildman–Crippen LogP) is 8.48. The lowest BCUT2D eigenvalue weighted by atomic mass is 10.1. The summed E-state index contributed by atoms with van der Waals surface area (Å²) in [5.74, 6) is 0. The minimum atomic E-state index is 0.624.